The van der Waals surface area contributed by atoms with Crippen LogP contribution in [0.4, 0.5) is 5.69 Å². The minimum atomic E-state index is -0.444. The molecule has 0 saturated carbocycles. The van der Waals surface area contributed by atoms with E-state index in [1.165, 1.54) is 4.68 Å². The summed E-state index contributed by atoms with van der Waals surface area (Å²) in [6.45, 7) is 0.521. The fraction of sp³-hybridized carbons (Fsp3) is 0.217. The van der Waals surface area contributed by atoms with E-state index in [1.807, 2.05) is 36.4 Å². The zero-order valence-corrected chi connectivity index (χ0v) is 16.2. The Bertz CT molecular complexity index is 1210. The average molecular weight is 400 g/mol. The second-order valence-corrected chi connectivity index (χ2v) is 7.12. The number of hydrogen-bond donors (Lipinski definition) is 1. The number of anilines is 1. The van der Waals surface area contributed by atoms with Gasteiger partial charge >= 0.3 is 0 Å². The quantitative estimate of drug-likeness (QED) is 0.661. The van der Waals surface area contributed by atoms with E-state index in [9.17, 15) is 14.4 Å². The van der Waals surface area contributed by atoms with Crippen molar-refractivity contribution >= 4 is 28.3 Å². The molecule has 1 fully saturated rings. The first kappa shape index (κ1) is 19.4. The fourth-order valence-corrected chi connectivity index (χ4v) is 3.69. The summed E-state index contributed by atoms with van der Waals surface area (Å²) in [5.74, 6) is 1.68. The molecule has 1 aliphatic rings. The van der Waals surface area contributed by atoms with Crippen LogP contribution in [0.3, 0.4) is 0 Å². The van der Waals surface area contributed by atoms with Crippen molar-refractivity contribution in [2.45, 2.75) is 19.5 Å². The number of nitrogens with zero attached hydrogens (tertiary/aromatic N) is 3. The molecule has 30 heavy (non-hydrogen) atoms. The zero-order valence-electron chi connectivity index (χ0n) is 16.2. The highest BCUT2D eigenvalue weighted by molar-refractivity contribution is 6.00. The van der Waals surface area contributed by atoms with Crippen LogP contribution in [0.5, 0.6) is 0 Å². The van der Waals surface area contributed by atoms with Crippen LogP contribution in [0, 0.1) is 18.3 Å². The van der Waals surface area contributed by atoms with Crippen molar-refractivity contribution < 1.29 is 9.59 Å². The molecule has 0 spiro atoms. The van der Waals surface area contributed by atoms with E-state index in [4.69, 9.17) is 6.42 Å². The van der Waals surface area contributed by atoms with Gasteiger partial charge in [-0.1, -0.05) is 42.3 Å². The molecule has 4 rings (SSSR count). The molecule has 0 aliphatic carbocycles. The third kappa shape index (κ3) is 3.67. The van der Waals surface area contributed by atoms with Crippen LogP contribution in [0.25, 0.3) is 10.8 Å². The van der Waals surface area contributed by atoms with Gasteiger partial charge in [0.25, 0.3) is 5.56 Å². The van der Waals surface area contributed by atoms with Crippen molar-refractivity contribution in [1.29, 1.82) is 0 Å². The van der Waals surface area contributed by atoms with Crippen LogP contribution in [0.2, 0.25) is 0 Å². The molecule has 2 aromatic carbocycles. The van der Waals surface area contributed by atoms with Gasteiger partial charge in [-0.3, -0.25) is 14.4 Å². The van der Waals surface area contributed by atoms with Crippen LogP contribution < -0.4 is 15.8 Å². The summed E-state index contributed by atoms with van der Waals surface area (Å²) in [5, 5.41) is 8.37. The molecule has 2 amide bonds. The van der Waals surface area contributed by atoms with Gasteiger partial charge in [-0.25, -0.2) is 4.68 Å². The van der Waals surface area contributed by atoms with E-state index in [-0.39, 0.29) is 36.9 Å². The largest absolute Gasteiger partial charge is 0.350 e. The van der Waals surface area contributed by atoms with E-state index in [1.54, 1.807) is 23.1 Å². The fourth-order valence-electron chi connectivity index (χ4n) is 3.69. The first-order valence-electron chi connectivity index (χ1n) is 9.64. The van der Waals surface area contributed by atoms with E-state index in [0.29, 0.717) is 23.0 Å². The van der Waals surface area contributed by atoms with E-state index in [0.717, 1.165) is 5.69 Å². The van der Waals surface area contributed by atoms with Gasteiger partial charge in [-0.2, -0.15) is 5.10 Å². The first-order valence-corrected chi connectivity index (χ1v) is 9.64. The summed E-state index contributed by atoms with van der Waals surface area (Å²) in [4.78, 5) is 39.2. The van der Waals surface area contributed by atoms with Gasteiger partial charge < -0.3 is 10.2 Å². The van der Waals surface area contributed by atoms with Crippen molar-refractivity contribution in [3.8, 4) is 12.3 Å². The highest BCUT2D eigenvalue weighted by atomic mass is 16.2. The monoisotopic (exact) mass is 400 g/mol. The molecule has 150 valence electrons. The summed E-state index contributed by atoms with van der Waals surface area (Å²) in [7, 11) is 0. The van der Waals surface area contributed by atoms with Gasteiger partial charge in [-0.05, 0) is 18.2 Å². The summed E-state index contributed by atoms with van der Waals surface area (Å²) in [6, 6.07) is 16.4. The number of terminal acetylenes is 1. The van der Waals surface area contributed by atoms with E-state index >= 15 is 0 Å². The molecule has 7 heteroatoms. The molecule has 1 saturated heterocycles. The van der Waals surface area contributed by atoms with Gasteiger partial charge in [0.05, 0.1) is 23.5 Å². The normalized spacial score (nSPS) is 15.9. The third-order valence-corrected chi connectivity index (χ3v) is 5.18. The van der Waals surface area contributed by atoms with Crippen molar-refractivity contribution in [3.63, 3.8) is 0 Å². The van der Waals surface area contributed by atoms with Gasteiger partial charge in [0, 0.05) is 24.0 Å². The number of nitrogens with one attached hydrogen (secondary N) is 1. The number of benzene rings is 2. The van der Waals surface area contributed by atoms with Crippen molar-refractivity contribution in [2.75, 3.05) is 11.4 Å². The lowest BCUT2D eigenvalue weighted by molar-refractivity contribution is -0.126. The summed E-state index contributed by atoms with van der Waals surface area (Å²) >= 11 is 0. The number of amides is 2. The minimum absolute atomic E-state index is 0.0494. The highest BCUT2D eigenvalue weighted by Crippen LogP contribution is 2.25. The first-order chi connectivity index (χ1) is 14.6. The van der Waals surface area contributed by atoms with Crippen molar-refractivity contribution in [2.24, 2.45) is 5.92 Å². The van der Waals surface area contributed by atoms with E-state index < -0.39 is 5.92 Å². The van der Waals surface area contributed by atoms with Gasteiger partial charge in [0.1, 0.15) is 6.54 Å². The third-order valence-electron chi connectivity index (χ3n) is 5.18. The summed E-state index contributed by atoms with van der Waals surface area (Å²) in [6.07, 6.45) is 5.50. The Balaban J connectivity index is 1.51. The van der Waals surface area contributed by atoms with Crippen LogP contribution in [0.1, 0.15) is 12.1 Å². The van der Waals surface area contributed by atoms with Crippen LogP contribution in [-0.4, -0.2) is 28.1 Å². The number of carbonyl (C=O) groups is 2. The molecular formula is C23H20N4O3. The maximum Gasteiger partial charge on any atom is 0.275 e. The predicted molar refractivity (Wildman–Crippen MR) is 114 cm³/mol. The maximum absolute atomic E-state index is 12.7. The number of para-hydroxylation sites is 1. The zero-order chi connectivity index (χ0) is 21.1. The maximum atomic E-state index is 12.7. The average Bonchev–Trinajstić information content (AvgIpc) is 3.17. The minimum Gasteiger partial charge on any atom is -0.350 e. The molecule has 1 aromatic heterocycles. The Morgan fingerprint density at radius 2 is 1.80 bits per heavy atom. The molecule has 0 bridgehead atoms. The molecule has 1 N–H and O–H groups in total. The second kappa shape index (κ2) is 8.21. The molecule has 1 unspecified atom stereocenters. The van der Waals surface area contributed by atoms with Crippen LogP contribution >= 0.6 is 0 Å². The standard InChI is InChI=1S/C23H20N4O3/c1-2-12-27-23(30)19-11-7-6-10-18(19)20(25-27)14-24-22(29)16-13-21(28)26(15-16)17-8-4-3-5-9-17/h1,3-11,16H,12-15H2,(H,24,29). The lowest BCUT2D eigenvalue weighted by Crippen LogP contribution is -2.34. The number of rotatable bonds is 5. The Labute approximate surface area is 173 Å². The van der Waals surface area contributed by atoms with Gasteiger partial charge in [0.15, 0.2) is 0 Å². The Morgan fingerprint density at radius 3 is 2.53 bits per heavy atom. The molecular weight excluding hydrogens is 380 g/mol. The Kier molecular flexibility index (Phi) is 5.31. The number of aromatic nitrogens is 2. The topological polar surface area (TPSA) is 84.3 Å². The lowest BCUT2D eigenvalue weighted by Gasteiger charge is -2.16. The van der Waals surface area contributed by atoms with Crippen LogP contribution in [-0.2, 0) is 22.7 Å². The molecule has 1 atom stereocenters. The lowest BCUT2D eigenvalue weighted by atomic mass is 10.1. The Morgan fingerprint density at radius 1 is 1.10 bits per heavy atom. The molecule has 0 radical (unpaired) electrons. The number of hydrogen-bond acceptors (Lipinski definition) is 4. The number of fused-ring (bicyclic) bond motifs is 1. The highest BCUT2D eigenvalue weighted by Gasteiger charge is 2.35. The summed E-state index contributed by atoms with van der Waals surface area (Å²) in [5.41, 5.74) is 1.07. The van der Waals surface area contributed by atoms with E-state index in [2.05, 4.69) is 16.3 Å². The SMILES string of the molecule is C#CCn1nc(CNC(=O)C2CC(=O)N(c3ccccc3)C2)c2ccccc2c1=O. The van der Waals surface area contributed by atoms with Crippen molar-refractivity contribution in [3.05, 3.63) is 70.6 Å². The smallest absolute Gasteiger partial charge is 0.275 e. The molecule has 7 nitrogen and oxygen atoms in total. The predicted octanol–water partition coefficient (Wildman–Crippen LogP) is 1.70. The molecule has 1 aliphatic heterocycles. The van der Waals surface area contributed by atoms with Crippen molar-refractivity contribution in [1.82, 2.24) is 15.1 Å². The summed E-state index contributed by atoms with van der Waals surface area (Å²) < 4.78 is 1.22. The van der Waals surface area contributed by atoms with Gasteiger partial charge in [0.2, 0.25) is 11.8 Å². The molecule has 3 aromatic rings. The van der Waals surface area contributed by atoms with Crippen LogP contribution in [0.15, 0.2) is 59.4 Å². The second-order valence-electron chi connectivity index (χ2n) is 7.12. The van der Waals surface area contributed by atoms with Gasteiger partial charge in [-0.15, -0.1) is 6.42 Å². The molecule has 2 heterocycles. The Hall–Kier alpha value is -3.92. The number of carbonyl (C=O) groups excluding carboxylic acids is 2.